The first-order valence-electron chi connectivity index (χ1n) is 5.98. The molecule has 0 aliphatic carbocycles. The zero-order valence-corrected chi connectivity index (χ0v) is 11.7. The van der Waals surface area contributed by atoms with Gasteiger partial charge >= 0.3 is 5.69 Å². The Labute approximate surface area is 120 Å². The molecule has 112 valence electrons. The van der Waals surface area contributed by atoms with Crippen LogP contribution in [0.5, 0.6) is 5.75 Å². The molecule has 1 N–H and O–H groups in total. The summed E-state index contributed by atoms with van der Waals surface area (Å²) in [6.45, 7) is 3.27. The van der Waals surface area contributed by atoms with Crippen molar-refractivity contribution in [3.63, 3.8) is 0 Å². The Morgan fingerprint density at radius 3 is 2.65 bits per heavy atom. The first kappa shape index (κ1) is 16.6. The standard InChI is InChI=1S/C12H15ClFNO5/c1-2-19-5-6-20-4-3-8-11(13)10(16)7-9(12(8)14)15(17)18/h7,16H,2-6H2,1H3. The number of hydrogen-bond donors (Lipinski definition) is 1. The number of phenolic OH excluding ortho intramolecular Hbond substituents is 1. The van der Waals surface area contributed by atoms with Crippen LogP contribution in [0.3, 0.4) is 0 Å². The molecule has 0 heterocycles. The van der Waals surface area contributed by atoms with Gasteiger partial charge in [0.05, 0.1) is 35.8 Å². The lowest BCUT2D eigenvalue weighted by Crippen LogP contribution is -2.08. The summed E-state index contributed by atoms with van der Waals surface area (Å²) in [6.07, 6.45) is 0.0199. The molecule has 0 radical (unpaired) electrons. The fraction of sp³-hybridized carbons (Fsp3) is 0.500. The van der Waals surface area contributed by atoms with Gasteiger partial charge in [0, 0.05) is 18.6 Å². The molecule has 0 fully saturated rings. The van der Waals surface area contributed by atoms with Gasteiger partial charge in [0.2, 0.25) is 5.82 Å². The smallest absolute Gasteiger partial charge is 0.308 e. The minimum atomic E-state index is -1.05. The summed E-state index contributed by atoms with van der Waals surface area (Å²) in [7, 11) is 0. The molecule has 1 aromatic rings. The first-order valence-corrected chi connectivity index (χ1v) is 6.36. The van der Waals surface area contributed by atoms with E-state index in [-0.39, 0.29) is 23.6 Å². The normalized spacial score (nSPS) is 10.8. The van der Waals surface area contributed by atoms with Crippen LogP contribution >= 0.6 is 11.6 Å². The van der Waals surface area contributed by atoms with Gasteiger partial charge < -0.3 is 14.6 Å². The van der Waals surface area contributed by atoms with E-state index in [2.05, 4.69) is 0 Å². The lowest BCUT2D eigenvalue weighted by molar-refractivity contribution is -0.387. The highest BCUT2D eigenvalue weighted by Gasteiger charge is 2.23. The van der Waals surface area contributed by atoms with Gasteiger partial charge in [-0.15, -0.1) is 0 Å². The summed E-state index contributed by atoms with van der Waals surface area (Å²) < 4.78 is 24.1. The Balaban J connectivity index is 2.71. The van der Waals surface area contributed by atoms with E-state index in [0.717, 1.165) is 0 Å². The molecule has 1 rings (SSSR count). The summed E-state index contributed by atoms with van der Waals surface area (Å²) in [6, 6.07) is 0.692. The van der Waals surface area contributed by atoms with E-state index in [0.29, 0.717) is 25.9 Å². The predicted octanol–water partition coefficient (Wildman–Crippen LogP) is 2.69. The molecule has 20 heavy (non-hydrogen) atoms. The Morgan fingerprint density at radius 1 is 1.40 bits per heavy atom. The van der Waals surface area contributed by atoms with Crippen molar-refractivity contribution in [2.45, 2.75) is 13.3 Å². The van der Waals surface area contributed by atoms with Gasteiger partial charge in [-0.2, -0.15) is 4.39 Å². The Kier molecular flexibility index (Phi) is 6.63. The van der Waals surface area contributed by atoms with E-state index in [1.165, 1.54) is 0 Å². The van der Waals surface area contributed by atoms with E-state index >= 15 is 0 Å². The molecule has 1 aromatic carbocycles. The number of nitro groups is 1. The molecule has 0 unspecified atom stereocenters. The third kappa shape index (κ3) is 4.29. The Morgan fingerprint density at radius 2 is 2.05 bits per heavy atom. The molecular formula is C12H15ClFNO5. The van der Waals surface area contributed by atoms with Crippen molar-refractivity contribution in [2.75, 3.05) is 26.4 Å². The lowest BCUT2D eigenvalue weighted by atomic mass is 10.1. The molecular weight excluding hydrogens is 293 g/mol. The van der Waals surface area contributed by atoms with E-state index in [9.17, 15) is 19.6 Å². The molecule has 8 heteroatoms. The maximum Gasteiger partial charge on any atom is 0.308 e. The summed E-state index contributed by atoms with van der Waals surface area (Å²) >= 11 is 5.74. The molecule has 0 bridgehead atoms. The average Bonchev–Trinajstić information content (AvgIpc) is 2.40. The Bertz CT molecular complexity index is 483. The van der Waals surface area contributed by atoms with E-state index in [1.807, 2.05) is 6.92 Å². The van der Waals surface area contributed by atoms with Gasteiger partial charge in [-0.05, 0) is 6.92 Å². The molecule has 0 aliphatic heterocycles. The number of rotatable bonds is 8. The van der Waals surface area contributed by atoms with Crippen LogP contribution in [0.15, 0.2) is 6.07 Å². The van der Waals surface area contributed by atoms with Crippen molar-refractivity contribution in [3.8, 4) is 5.75 Å². The minimum absolute atomic E-state index is 0.0199. The van der Waals surface area contributed by atoms with Gasteiger partial charge in [0.25, 0.3) is 0 Å². The second-order valence-corrected chi connectivity index (χ2v) is 4.22. The molecule has 0 saturated carbocycles. The predicted molar refractivity (Wildman–Crippen MR) is 70.7 cm³/mol. The fourth-order valence-corrected chi connectivity index (χ4v) is 1.78. The van der Waals surface area contributed by atoms with Gasteiger partial charge in [-0.3, -0.25) is 10.1 Å². The summed E-state index contributed by atoms with van der Waals surface area (Å²) in [5.74, 6) is -1.57. The van der Waals surface area contributed by atoms with Crippen molar-refractivity contribution in [1.82, 2.24) is 0 Å². The summed E-state index contributed by atoms with van der Waals surface area (Å²) in [4.78, 5) is 9.74. The van der Waals surface area contributed by atoms with E-state index < -0.39 is 22.2 Å². The number of phenols is 1. The molecule has 0 aromatic heterocycles. The first-order chi connectivity index (χ1) is 9.49. The van der Waals surface area contributed by atoms with Crippen molar-refractivity contribution < 1.29 is 23.9 Å². The van der Waals surface area contributed by atoms with Gasteiger partial charge in [0.15, 0.2) is 0 Å². The van der Waals surface area contributed by atoms with Gasteiger partial charge in [-0.1, -0.05) is 11.6 Å². The number of halogens is 2. The third-order valence-corrected chi connectivity index (χ3v) is 2.94. The highest BCUT2D eigenvalue weighted by Crippen LogP contribution is 2.35. The highest BCUT2D eigenvalue weighted by atomic mass is 35.5. The number of hydrogen-bond acceptors (Lipinski definition) is 5. The lowest BCUT2D eigenvalue weighted by Gasteiger charge is -2.09. The second-order valence-electron chi connectivity index (χ2n) is 3.84. The van der Waals surface area contributed by atoms with E-state index in [4.69, 9.17) is 21.1 Å². The molecule has 6 nitrogen and oxygen atoms in total. The maximum absolute atomic E-state index is 13.9. The van der Waals surface area contributed by atoms with Crippen LogP contribution in [0.25, 0.3) is 0 Å². The van der Waals surface area contributed by atoms with Crippen LogP contribution in [0.4, 0.5) is 10.1 Å². The molecule has 0 amide bonds. The Hall–Kier alpha value is -1.44. The number of benzene rings is 1. The SMILES string of the molecule is CCOCCOCCc1c(F)c([N+](=O)[O-])cc(O)c1Cl. The topological polar surface area (TPSA) is 81.8 Å². The van der Waals surface area contributed by atoms with Gasteiger partial charge in [0.1, 0.15) is 5.75 Å². The number of aromatic hydroxyl groups is 1. The van der Waals surface area contributed by atoms with Crippen LogP contribution in [0.2, 0.25) is 5.02 Å². The minimum Gasteiger partial charge on any atom is -0.506 e. The fourth-order valence-electron chi connectivity index (χ4n) is 1.55. The van der Waals surface area contributed by atoms with Crippen molar-refractivity contribution >= 4 is 17.3 Å². The van der Waals surface area contributed by atoms with Crippen LogP contribution in [-0.4, -0.2) is 36.5 Å². The van der Waals surface area contributed by atoms with Crippen LogP contribution < -0.4 is 0 Å². The molecule has 0 saturated heterocycles. The zero-order chi connectivity index (χ0) is 15.1. The number of nitrogens with zero attached hydrogens (tertiary/aromatic N) is 1. The summed E-state index contributed by atoms with van der Waals surface area (Å²) in [5.41, 5.74) is -0.939. The number of nitro benzene ring substituents is 1. The largest absolute Gasteiger partial charge is 0.506 e. The number of ether oxygens (including phenoxy) is 2. The van der Waals surface area contributed by atoms with Crippen molar-refractivity contribution in [2.24, 2.45) is 0 Å². The average molecular weight is 308 g/mol. The molecule has 0 spiro atoms. The summed E-state index contributed by atoms with van der Waals surface area (Å²) in [5, 5.41) is 19.9. The van der Waals surface area contributed by atoms with Crippen molar-refractivity contribution in [1.29, 1.82) is 0 Å². The zero-order valence-electron chi connectivity index (χ0n) is 10.9. The third-order valence-electron chi connectivity index (χ3n) is 2.52. The molecule has 0 atom stereocenters. The van der Waals surface area contributed by atoms with Crippen LogP contribution in [0.1, 0.15) is 12.5 Å². The van der Waals surface area contributed by atoms with Crippen LogP contribution in [0, 0.1) is 15.9 Å². The maximum atomic E-state index is 13.9. The van der Waals surface area contributed by atoms with Gasteiger partial charge in [-0.25, -0.2) is 0 Å². The van der Waals surface area contributed by atoms with Crippen molar-refractivity contribution in [3.05, 3.63) is 32.6 Å². The molecule has 0 aliphatic rings. The second kappa shape index (κ2) is 7.98. The van der Waals surface area contributed by atoms with Crippen LogP contribution in [-0.2, 0) is 15.9 Å². The highest BCUT2D eigenvalue weighted by molar-refractivity contribution is 6.32. The van der Waals surface area contributed by atoms with E-state index in [1.54, 1.807) is 0 Å². The quantitative estimate of drug-likeness (QED) is 0.453. The monoisotopic (exact) mass is 307 g/mol.